The number of rotatable bonds is 10. The van der Waals surface area contributed by atoms with Gasteiger partial charge in [-0.3, -0.25) is 0 Å². The third-order valence-corrected chi connectivity index (χ3v) is 3.80. The molecule has 0 aromatic carbocycles. The molecule has 0 spiro atoms. The first-order valence-corrected chi connectivity index (χ1v) is 7.68. The van der Waals surface area contributed by atoms with Crippen LogP contribution in [0.25, 0.3) is 0 Å². The molecule has 0 radical (unpaired) electrons. The van der Waals surface area contributed by atoms with E-state index in [1.165, 1.54) is 38.5 Å². The lowest BCUT2D eigenvalue weighted by atomic mass is 9.76. The molecule has 104 valence electrons. The first-order valence-electron chi connectivity index (χ1n) is 7.68. The Hall–Kier alpha value is -0.0400. The fourth-order valence-electron chi connectivity index (χ4n) is 3.06. The second-order valence-corrected chi connectivity index (χ2v) is 6.45. The standard InChI is InChI=1S/C16H35N/c1-7-10-11-15(8-2)13-16(5,6)12-14(4)17-9-3/h14-15,17H,7-13H2,1-6H3. The topological polar surface area (TPSA) is 12.0 Å². The van der Waals surface area contributed by atoms with Crippen molar-refractivity contribution < 1.29 is 0 Å². The summed E-state index contributed by atoms with van der Waals surface area (Å²) in [5.74, 6) is 0.929. The average molecular weight is 241 g/mol. The van der Waals surface area contributed by atoms with Crippen molar-refractivity contribution in [1.29, 1.82) is 0 Å². The number of hydrogen-bond acceptors (Lipinski definition) is 1. The van der Waals surface area contributed by atoms with Crippen molar-refractivity contribution in [3.05, 3.63) is 0 Å². The van der Waals surface area contributed by atoms with Crippen LogP contribution in [-0.4, -0.2) is 12.6 Å². The Labute approximate surface area is 110 Å². The predicted octanol–water partition coefficient (Wildman–Crippen LogP) is 5.01. The molecule has 0 amide bonds. The minimum absolute atomic E-state index is 0.482. The zero-order chi connectivity index (χ0) is 13.3. The van der Waals surface area contributed by atoms with Crippen LogP contribution in [0.4, 0.5) is 0 Å². The average Bonchev–Trinajstić information content (AvgIpc) is 2.23. The Morgan fingerprint density at radius 3 is 2.18 bits per heavy atom. The first kappa shape index (κ1) is 17.0. The Morgan fingerprint density at radius 1 is 1.06 bits per heavy atom. The van der Waals surface area contributed by atoms with Gasteiger partial charge in [0.05, 0.1) is 0 Å². The van der Waals surface area contributed by atoms with Crippen LogP contribution in [-0.2, 0) is 0 Å². The molecule has 0 saturated heterocycles. The van der Waals surface area contributed by atoms with E-state index in [-0.39, 0.29) is 0 Å². The van der Waals surface area contributed by atoms with Gasteiger partial charge in [-0.15, -0.1) is 0 Å². The molecule has 0 aliphatic heterocycles. The monoisotopic (exact) mass is 241 g/mol. The van der Waals surface area contributed by atoms with Gasteiger partial charge >= 0.3 is 0 Å². The highest BCUT2D eigenvalue weighted by Gasteiger charge is 2.24. The van der Waals surface area contributed by atoms with Gasteiger partial charge < -0.3 is 5.32 Å². The second-order valence-electron chi connectivity index (χ2n) is 6.45. The molecule has 17 heavy (non-hydrogen) atoms. The summed E-state index contributed by atoms with van der Waals surface area (Å²) in [6.45, 7) is 15.1. The van der Waals surface area contributed by atoms with Crippen molar-refractivity contribution in [1.82, 2.24) is 5.32 Å². The number of nitrogens with one attached hydrogen (secondary N) is 1. The van der Waals surface area contributed by atoms with Crippen LogP contribution in [0, 0.1) is 11.3 Å². The third kappa shape index (κ3) is 8.65. The van der Waals surface area contributed by atoms with Crippen molar-refractivity contribution in [2.75, 3.05) is 6.54 Å². The summed E-state index contributed by atoms with van der Waals surface area (Å²) in [6, 6.07) is 0.652. The van der Waals surface area contributed by atoms with Crippen LogP contribution >= 0.6 is 0 Å². The number of unbranched alkanes of at least 4 members (excludes halogenated alkanes) is 1. The fourth-order valence-corrected chi connectivity index (χ4v) is 3.06. The van der Waals surface area contributed by atoms with E-state index in [0.29, 0.717) is 11.5 Å². The zero-order valence-electron chi connectivity index (χ0n) is 13.1. The molecule has 1 nitrogen and oxygen atoms in total. The predicted molar refractivity (Wildman–Crippen MR) is 79.5 cm³/mol. The summed E-state index contributed by atoms with van der Waals surface area (Å²) in [6.07, 6.45) is 8.19. The summed E-state index contributed by atoms with van der Waals surface area (Å²) in [5.41, 5.74) is 0.482. The van der Waals surface area contributed by atoms with Crippen LogP contribution in [0.15, 0.2) is 0 Å². The lowest BCUT2D eigenvalue weighted by molar-refractivity contribution is 0.211. The van der Waals surface area contributed by atoms with E-state index < -0.39 is 0 Å². The molecule has 1 heteroatoms. The highest BCUT2D eigenvalue weighted by molar-refractivity contribution is 4.78. The molecule has 0 fully saturated rings. The highest BCUT2D eigenvalue weighted by Crippen LogP contribution is 2.34. The smallest absolute Gasteiger partial charge is 0.00436 e. The molecule has 0 aliphatic carbocycles. The van der Waals surface area contributed by atoms with Crippen molar-refractivity contribution >= 4 is 0 Å². The molecule has 0 rings (SSSR count). The van der Waals surface area contributed by atoms with Gasteiger partial charge in [0, 0.05) is 6.04 Å². The number of hydrogen-bond donors (Lipinski definition) is 1. The van der Waals surface area contributed by atoms with Gasteiger partial charge in [0.1, 0.15) is 0 Å². The molecule has 2 atom stereocenters. The lowest BCUT2D eigenvalue weighted by Crippen LogP contribution is -2.32. The van der Waals surface area contributed by atoms with E-state index in [9.17, 15) is 0 Å². The van der Waals surface area contributed by atoms with Gasteiger partial charge in [0.2, 0.25) is 0 Å². The van der Waals surface area contributed by atoms with E-state index in [1.807, 2.05) is 0 Å². The van der Waals surface area contributed by atoms with Crippen LogP contribution in [0.1, 0.15) is 80.1 Å². The van der Waals surface area contributed by atoms with Crippen LogP contribution in [0.5, 0.6) is 0 Å². The van der Waals surface area contributed by atoms with Gasteiger partial charge in [0.15, 0.2) is 0 Å². The van der Waals surface area contributed by atoms with Gasteiger partial charge in [-0.2, -0.15) is 0 Å². The van der Waals surface area contributed by atoms with Crippen molar-refractivity contribution in [3.63, 3.8) is 0 Å². The van der Waals surface area contributed by atoms with Crippen molar-refractivity contribution in [2.24, 2.45) is 11.3 Å². The van der Waals surface area contributed by atoms with Crippen LogP contribution in [0.2, 0.25) is 0 Å². The van der Waals surface area contributed by atoms with E-state index in [1.54, 1.807) is 0 Å². The molecule has 0 aromatic heterocycles. The first-order chi connectivity index (χ1) is 7.95. The van der Waals surface area contributed by atoms with E-state index in [2.05, 4.69) is 46.9 Å². The Kier molecular flexibility index (Phi) is 8.94. The molecule has 0 aromatic rings. The summed E-state index contributed by atoms with van der Waals surface area (Å²) in [4.78, 5) is 0. The van der Waals surface area contributed by atoms with E-state index >= 15 is 0 Å². The van der Waals surface area contributed by atoms with Gasteiger partial charge in [-0.1, -0.05) is 60.3 Å². The van der Waals surface area contributed by atoms with E-state index in [0.717, 1.165) is 12.5 Å². The summed E-state index contributed by atoms with van der Waals surface area (Å²) >= 11 is 0. The normalized spacial score (nSPS) is 15.9. The van der Waals surface area contributed by atoms with Gasteiger partial charge in [0.25, 0.3) is 0 Å². The molecule has 0 aliphatic rings. The minimum Gasteiger partial charge on any atom is -0.315 e. The highest BCUT2D eigenvalue weighted by atomic mass is 14.9. The van der Waals surface area contributed by atoms with Crippen LogP contribution in [0.3, 0.4) is 0 Å². The molecule has 2 unspecified atom stereocenters. The van der Waals surface area contributed by atoms with Crippen molar-refractivity contribution in [2.45, 2.75) is 86.1 Å². The maximum absolute atomic E-state index is 3.54. The van der Waals surface area contributed by atoms with Gasteiger partial charge in [-0.25, -0.2) is 0 Å². The summed E-state index contributed by atoms with van der Waals surface area (Å²) in [7, 11) is 0. The Bertz CT molecular complexity index is 174. The third-order valence-electron chi connectivity index (χ3n) is 3.80. The maximum atomic E-state index is 3.54. The van der Waals surface area contributed by atoms with Crippen molar-refractivity contribution in [3.8, 4) is 0 Å². The van der Waals surface area contributed by atoms with Crippen LogP contribution < -0.4 is 5.32 Å². The largest absolute Gasteiger partial charge is 0.315 e. The minimum atomic E-state index is 0.482. The molecule has 0 saturated carbocycles. The molecule has 1 N–H and O–H groups in total. The van der Waals surface area contributed by atoms with Gasteiger partial charge in [-0.05, 0) is 37.6 Å². The van der Waals surface area contributed by atoms with E-state index in [4.69, 9.17) is 0 Å². The Morgan fingerprint density at radius 2 is 1.71 bits per heavy atom. The fraction of sp³-hybridized carbons (Fsp3) is 1.00. The Balaban J connectivity index is 4.10. The quantitative estimate of drug-likeness (QED) is 0.567. The molecular weight excluding hydrogens is 206 g/mol. The lowest BCUT2D eigenvalue weighted by Gasteiger charge is -2.32. The summed E-state index contributed by atoms with van der Waals surface area (Å²) in [5, 5.41) is 3.54. The molecular formula is C16H35N. The SMILES string of the molecule is CCCCC(CC)CC(C)(C)CC(C)NCC. The summed E-state index contributed by atoms with van der Waals surface area (Å²) < 4.78 is 0. The zero-order valence-corrected chi connectivity index (χ0v) is 13.1. The maximum Gasteiger partial charge on any atom is 0.00436 e. The molecule has 0 bridgehead atoms. The second kappa shape index (κ2) is 8.97. The molecule has 0 heterocycles.